The Labute approximate surface area is 122 Å². The molecule has 2 aromatic carbocycles. The van der Waals surface area contributed by atoms with Crippen molar-refractivity contribution in [2.45, 2.75) is 0 Å². The lowest BCUT2D eigenvalue weighted by Gasteiger charge is -2.07. The number of benzene rings is 2. The lowest BCUT2D eigenvalue weighted by atomic mass is 10.1. The summed E-state index contributed by atoms with van der Waals surface area (Å²) in [5, 5.41) is 0. The quantitative estimate of drug-likeness (QED) is 0.620. The summed E-state index contributed by atoms with van der Waals surface area (Å²) in [5.41, 5.74) is 1.19. The summed E-state index contributed by atoms with van der Waals surface area (Å²) < 4.78 is 23.2. The molecule has 0 amide bonds. The maximum absolute atomic E-state index is 12.8. The number of halogens is 1. The third-order valence-corrected chi connectivity index (χ3v) is 2.98. The monoisotopic (exact) mass is 286 g/mol. The third-order valence-electron chi connectivity index (χ3n) is 2.98. The van der Waals surface area contributed by atoms with Gasteiger partial charge in [-0.15, -0.1) is 0 Å². The summed E-state index contributed by atoms with van der Waals surface area (Å²) in [6, 6.07) is 10.7. The highest BCUT2D eigenvalue weighted by Gasteiger charge is 2.05. The van der Waals surface area contributed by atoms with Crippen molar-refractivity contribution in [3.8, 4) is 11.5 Å². The molecule has 0 aliphatic heterocycles. The van der Waals surface area contributed by atoms with Gasteiger partial charge in [0, 0.05) is 17.2 Å². The van der Waals surface area contributed by atoms with Crippen molar-refractivity contribution >= 4 is 11.9 Å². The van der Waals surface area contributed by atoms with E-state index in [0.29, 0.717) is 17.1 Å². The van der Waals surface area contributed by atoms with Crippen molar-refractivity contribution in [3.63, 3.8) is 0 Å². The number of methoxy groups -OCH3 is 2. The zero-order valence-corrected chi connectivity index (χ0v) is 11.8. The molecule has 21 heavy (non-hydrogen) atoms. The lowest BCUT2D eigenvalue weighted by Crippen LogP contribution is -1.94. The molecule has 0 aliphatic carbocycles. The van der Waals surface area contributed by atoms with Gasteiger partial charge in [0.15, 0.2) is 5.78 Å². The summed E-state index contributed by atoms with van der Waals surface area (Å²) in [6.45, 7) is 0. The zero-order chi connectivity index (χ0) is 15.2. The van der Waals surface area contributed by atoms with Crippen molar-refractivity contribution in [1.29, 1.82) is 0 Å². The van der Waals surface area contributed by atoms with Crippen LogP contribution in [0.25, 0.3) is 6.08 Å². The van der Waals surface area contributed by atoms with Gasteiger partial charge in [0.2, 0.25) is 0 Å². The van der Waals surface area contributed by atoms with E-state index >= 15 is 0 Å². The molecule has 0 unspecified atom stereocenters. The maximum atomic E-state index is 12.8. The average molecular weight is 286 g/mol. The van der Waals surface area contributed by atoms with Crippen LogP contribution < -0.4 is 9.47 Å². The summed E-state index contributed by atoms with van der Waals surface area (Å²) in [4.78, 5) is 12.0. The van der Waals surface area contributed by atoms with Crippen LogP contribution in [0.15, 0.2) is 48.5 Å². The molecule has 0 atom stereocenters. The molecule has 0 radical (unpaired) electrons. The average Bonchev–Trinajstić information content (AvgIpc) is 2.53. The van der Waals surface area contributed by atoms with Gasteiger partial charge >= 0.3 is 0 Å². The molecule has 0 N–H and O–H groups in total. The Kier molecular flexibility index (Phi) is 4.72. The molecule has 0 saturated carbocycles. The molecule has 0 heterocycles. The number of hydrogen-bond acceptors (Lipinski definition) is 3. The summed E-state index contributed by atoms with van der Waals surface area (Å²) in [6.07, 6.45) is 3.08. The van der Waals surface area contributed by atoms with Gasteiger partial charge in [-0.25, -0.2) is 4.39 Å². The van der Waals surface area contributed by atoms with Crippen molar-refractivity contribution < 1.29 is 18.7 Å². The molecular weight excluding hydrogens is 271 g/mol. The number of carbonyl (C=O) groups is 1. The molecule has 2 aromatic rings. The fourth-order valence-electron chi connectivity index (χ4n) is 1.83. The Balaban J connectivity index is 2.20. The Morgan fingerprint density at radius 2 is 1.76 bits per heavy atom. The number of hydrogen-bond donors (Lipinski definition) is 0. The number of ketones is 1. The molecule has 0 bridgehead atoms. The highest BCUT2D eigenvalue weighted by molar-refractivity contribution is 6.06. The van der Waals surface area contributed by atoms with Gasteiger partial charge < -0.3 is 9.47 Å². The SMILES string of the molecule is COc1ccc(C=CC(=O)c2ccc(F)cc2)c(OC)c1. The number of ether oxygens (including phenoxy) is 2. The first kappa shape index (κ1) is 14.8. The molecule has 0 fully saturated rings. The van der Waals surface area contributed by atoms with Gasteiger partial charge in [-0.05, 0) is 48.6 Å². The van der Waals surface area contributed by atoms with Crippen LogP contribution >= 0.6 is 0 Å². The molecule has 0 spiro atoms. The second-order valence-corrected chi connectivity index (χ2v) is 4.31. The minimum Gasteiger partial charge on any atom is -0.497 e. The van der Waals surface area contributed by atoms with Gasteiger partial charge in [-0.3, -0.25) is 4.79 Å². The second kappa shape index (κ2) is 6.70. The standard InChI is InChI=1S/C17H15FO3/c1-20-15-9-5-13(17(11-15)21-2)6-10-16(19)12-3-7-14(18)8-4-12/h3-11H,1-2H3. The van der Waals surface area contributed by atoms with E-state index in [1.54, 1.807) is 38.5 Å². The Morgan fingerprint density at radius 3 is 2.38 bits per heavy atom. The van der Waals surface area contributed by atoms with Gasteiger partial charge in [-0.2, -0.15) is 0 Å². The van der Waals surface area contributed by atoms with E-state index in [9.17, 15) is 9.18 Å². The number of carbonyl (C=O) groups excluding carboxylic acids is 1. The van der Waals surface area contributed by atoms with Gasteiger partial charge in [0.1, 0.15) is 17.3 Å². The van der Waals surface area contributed by atoms with Crippen LogP contribution in [0.3, 0.4) is 0 Å². The fraction of sp³-hybridized carbons (Fsp3) is 0.118. The molecular formula is C17H15FO3. The van der Waals surface area contributed by atoms with E-state index in [1.165, 1.54) is 30.3 Å². The van der Waals surface area contributed by atoms with E-state index in [0.717, 1.165) is 5.56 Å². The highest BCUT2D eigenvalue weighted by atomic mass is 19.1. The van der Waals surface area contributed by atoms with E-state index < -0.39 is 0 Å². The Bertz CT molecular complexity index is 660. The maximum Gasteiger partial charge on any atom is 0.185 e. The Morgan fingerprint density at radius 1 is 1.05 bits per heavy atom. The number of allylic oxidation sites excluding steroid dienone is 1. The predicted octanol–water partition coefficient (Wildman–Crippen LogP) is 3.74. The minimum absolute atomic E-state index is 0.201. The van der Waals surface area contributed by atoms with Crippen LogP contribution in [0.4, 0.5) is 4.39 Å². The fourth-order valence-corrected chi connectivity index (χ4v) is 1.83. The van der Waals surface area contributed by atoms with Crippen LogP contribution in [-0.4, -0.2) is 20.0 Å². The van der Waals surface area contributed by atoms with E-state index in [2.05, 4.69) is 0 Å². The van der Waals surface area contributed by atoms with Crippen LogP contribution in [0.1, 0.15) is 15.9 Å². The summed E-state index contributed by atoms with van der Waals surface area (Å²) in [7, 11) is 3.12. The summed E-state index contributed by atoms with van der Waals surface area (Å²) >= 11 is 0. The molecule has 4 heteroatoms. The minimum atomic E-state index is -0.368. The van der Waals surface area contributed by atoms with E-state index in [4.69, 9.17) is 9.47 Å². The van der Waals surface area contributed by atoms with Crippen LogP contribution in [0.2, 0.25) is 0 Å². The normalized spacial score (nSPS) is 10.6. The Hall–Kier alpha value is -2.62. The van der Waals surface area contributed by atoms with E-state index in [1.807, 2.05) is 0 Å². The van der Waals surface area contributed by atoms with E-state index in [-0.39, 0.29) is 11.6 Å². The first-order chi connectivity index (χ1) is 10.1. The van der Waals surface area contributed by atoms with Gasteiger partial charge in [-0.1, -0.05) is 0 Å². The largest absolute Gasteiger partial charge is 0.497 e. The second-order valence-electron chi connectivity index (χ2n) is 4.31. The van der Waals surface area contributed by atoms with Crippen LogP contribution in [0.5, 0.6) is 11.5 Å². The highest BCUT2D eigenvalue weighted by Crippen LogP contribution is 2.25. The third kappa shape index (κ3) is 3.69. The predicted molar refractivity (Wildman–Crippen MR) is 79.3 cm³/mol. The van der Waals surface area contributed by atoms with Gasteiger partial charge in [0.05, 0.1) is 14.2 Å². The topological polar surface area (TPSA) is 35.5 Å². The molecule has 2 rings (SSSR count). The molecule has 0 aliphatic rings. The van der Waals surface area contributed by atoms with Crippen molar-refractivity contribution in [1.82, 2.24) is 0 Å². The van der Waals surface area contributed by atoms with Gasteiger partial charge in [0.25, 0.3) is 0 Å². The first-order valence-corrected chi connectivity index (χ1v) is 6.34. The number of rotatable bonds is 5. The smallest absolute Gasteiger partial charge is 0.185 e. The lowest BCUT2D eigenvalue weighted by molar-refractivity contribution is 0.104. The molecule has 108 valence electrons. The summed E-state index contributed by atoms with van der Waals surface area (Å²) in [5.74, 6) is 0.714. The van der Waals surface area contributed by atoms with Crippen molar-refractivity contribution in [2.24, 2.45) is 0 Å². The first-order valence-electron chi connectivity index (χ1n) is 6.34. The van der Waals surface area contributed by atoms with Crippen molar-refractivity contribution in [2.75, 3.05) is 14.2 Å². The zero-order valence-electron chi connectivity index (χ0n) is 11.8. The molecule has 0 aromatic heterocycles. The molecule has 0 saturated heterocycles. The van der Waals surface area contributed by atoms with Crippen LogP contribution in [-0.2, 0) is 0 Å². The van der Waals surface area contributed by atoms with Crippen LogP contribution in [0, 0.1) is 5.82 Å². The van der Waals surface area contributed by atoms with Crippen molar-refractivity contribution in [3.05, 3.63) is 65.5 Å². The molecule has 3 nitrogen and oxygen atoms in total.